The molecule has 21 heavy (non-hydrogen) atoms. The predicted octanol–water partition coefficient (Wildman–Crippen LogP) is 1.28. The number of nitro groups is 1. The monoisotopic (exact) mass is 290 g/mol. The van der Waals surface area contributed by atoms with Crippen LogP contribution in [0.4, 0.5) is 11.4 Å². The third-order valence-corrected chi connectivity index (χ3v) is 2.74. The standard InChI is InChI=1S/C12H10N4O5/c1-15-6-13-5-10(15)11(17)14-9-3-2-7(16(20)21)4-8(9)12(18)19/h2-6H,1H3,(H,14,17)(H,18,19). The van der Waals surface area contributed by atoms with Gasteiger partial charge in [-0.25, -0.2) is 9.78 Å². The van der Waals surface area contributed by atoms with E-state index < -0.39 is 16.8 Å². The summed E-state index contributed by atoms with van der Waals surface area (Å²) in [7, 11) is 1.61. The van der Waals surface area contributed by atoms with Gasteiger partial charge in [0.05, 0.1) is 28.7 Å². The number of hydrogen-bond acceptors (Lipinski definition) is 5. The first kappa shape index (κ1) is 14.2. The van der Waals surface area contributed by atoms with Gasteiger partial charge in [0.1, 0.15) is 5.69 Å². The second kappa shape index (κ2) is 5.41. The van der Waals surface area contributed by atoms with Crippen molar-refractivity contribution in [3.63, 3.8) is 0 Å². The van der Waals surface area contributed by atoms with E-state index in [0.29, 0.717) is 0 Å². The van der Waals surface area contributed by atoms with Crippen molar-refractivity contribution in [2.75, 3.05) is 5.32 Å². The summed E-state index contributed by atoms with van der Waals surface area (Å²) in [4.78, 5) is 36.9. The molecule has 2 aromatic rings. The van der Waals surface area contributed by atoms with Crippen molar-refractivity contribution in [3.8, 4) is 0 Å². The summed E-state index contributed by atoms with van der Waals surface area (Å²) in [6.45, 7) is 0. The fourth-order valence-corrected chi connectivity index (χ4v) is 1.69. The van der Waals surface area contributed by atoms with E-state index in [2.05, 4.69) is 10.3 Å². The van der Waals surface area contributed by atoms with Crippen molar-refractivity contribution in [1.82, 2.24) is 9.55 Å². The lowest BCUT2D eigenvalue weighted by molar-refractivity contribution is -0.384. The average molecular weight is 290 g/mol. The lowest BCUT2D eigenvalue weighted by atomic mass is 10.1. The van der Waals surface area contributed by atoms with Crippen LogP contribution >= 0.6 is 0 Å². The highest BCUT2D eigenvalue weighted by Crippen LogP contribution is 2.22. The van der Waals surface area contributed by atoms with E-state index in [4.69, 9.17) is 5.11 Å². The third kappa shape index (κ3) is 2.86. The minimum absolute atomic E-state index is 0.0284. The molecule has 108 valence electrons. The average Bonchev–Trinajstić information content (AvgIpc) is 2.85. The molecule has 0 unspecified atom stereocenters. The molecular weight excluding hydrogens is 280 g/mol. The lowest BCUT2D eigenvalue weighted by Crippen LogP contribution is -2.17. The van der Waals surface area contributed by atoms with Gasteiger partial charge in [-0.3, -0.25) is 14.9 Å². The highest BCUT2D eigenvalue weighted by molar-refractivity contribution is 6.07. The van der Waals surface area contributed by atoms with Crippen LogP contribution in [0.3, 0.4) is 0 Å². The summed E-state index contributed by atoms with van der Waals surface area (Å²) in [6.07, 6.45) is 2.74. The van der Waals surface area contributed by atoms with E-state index >= 15 is 0 Å². The first-order valence-electron chi connectivity index (χ1n) is 5.69. The number of carboxylic acid groups (broad SMARTS) is 1. The molecule has 1 aromatic carbocycles. The Morgan fingerprint density at radius 2 is 2.14 bits per heavy atom. The Balaban J connectivity index is 2.36. The van der Waals surface area contributed by atoms with E-state index in [1.807, 2.05) is 0 Å². The Hall–Kier alpha value is -3.23. The Bertz CT molecular complexity index is 737. The molecule has 0 bridgehead atoms. The van der Waals surface area contributed by atoms with Gasteiger partial charge in [0, 0.05) is 19.2 Å². The summed E-state index contributed by atoms with van der Waals surface area (Å²) in [5.41, 5.74) is -0.533. The van der Waals surface area contributed by atoms with Crippen LogP contribution in [0.15, 0.2) is 30.7 Å². The number of amides is 1. The number of non-ortho nitro benzene ring substituents is 1. The lowest BCUT2D eigenvalue weighted by Gasteiger charge is -2.08. The number of imidazole rings is 1. The van der Waals surface area contributed by atoms with Crippen molar-refractivity contribution in [2.45, 2.75) is 0 Å². The van der Waals surface area contributed by atoms with Crippen LogP contribution in [0.1, 0.15) is 20.8 Å². The zero-order chi connectivity index (χ0) is 15.6. The molecule has 0 fully saturated rings. The van der Waals surface area contributed by atoms with Crippen LogP contribution in [0.2, 0.25) is 0 Å². The van der Waals surface area contributed by atoms with Gasteiger partial charge in [-0.1, -0.05) is 0 Å². The van der Waals surface area contributed by atoms with Gasteiger partial charge in [0.2, 0.25) is 0 Å². The number of nitrogens with zero attached hydrogens (tertiary/aromatic N) is 3. The van der Waals surface area contributed by atoms with Gasteiger partial charge in [-0.05, 0) is 6.07 Å². The van der Waals surface area contributed by atoms with Crippen LogP contribution in [0.5, 0.6) is 0 Å². The number of aromatic carboxylic acids is 1. The molecule has 1 amide bonds. The first-order chi connectivity index (χ1) is 9.90. The van der Waals surface area contributed by atoms with Crippen molar-refractivity contribution < 1.29 is 19.6 Å². The molecule has 0 saturated heterocycles. The molecule has 0 atom stereocenters. The first-order valence-corrected chi connectivity index (χ1v) is 5.69. The molecule has 9 heteroatoms. The largest absolute Gasteiger partial charge is 0.478 e. The maximum atomic E-state index is 12.0. The second-order valence-electron chi connectivity index (χ2n) is 4.14. The normalized spacial score (nSPS) is 10.1. The molecule has 0 spiro atoms. The van der Waals surface area contributed by atoms with E-state index in [9.17, 15) is 19.7 Å². The molecule has 0 aliphatic carbocycles. The number of carbonyl (C=O) groups excluding carboxylic acids is 1. The van der Waals surface area contributed by atoms with E-state index in [-0.39, 0.29) is 22.6 Å². The van der Waals surface area contributed by atoms with Gasteiger partial charge < -0.3 is 15.0 Å². The highest BCUT2D eigenvalue weighted by atomic mass is 16.6. The van der Waals surface area contributed by atoms with E-state index in [0.717, 1.165) is 12.1 Å². The Kier molecular flexibility index (Phi) is 3.65. The number of benzene rings is 1. The maximum absolute atomic E-state index is 12.0. The van der Waals surface area contributed by atoms with Crippen molar-refractivity contribution in [2.24, 2.45) is 7.05 Å². The second-order valence-corrected chi connectivity index (χ2v) is 4.14. The molecule has 0 aliphatic rings. The Labute approximate surface area is 118 Å². The number of nitro benzene ring substituents is 1. The number of rotatable bonds is 4. The van der Waals surface area contributed by atoms with Crippen LogP contribution < -0.4 is 5.32 Å². The molecule has 0 aliphatic heterocycles. The quantitative estimate of drug-likeness (QED) is 0.644. The van der Waals surface area contributed by atoms with E-state index in [1.54, 1.807) is 7.05 Å². The minimum atomic E-state index is -1.38. The maximum Gasteiger partial charge on any atom is 0.338 e. The van der Waals surface area contributed by atoms with Gasteiger partial charge in [-0.2, -0.15) is 0 Å². The number of carbonyl (C=O) groups is 2. The van der Waals surface area contributed by atoms with Gasteiger partial charge >= 0.3 is 5.97 Å². The highest BCUT2D eigenvalue weighted by Gasteiger charge is 2.19. The van der Waals surface area contributed by atoms with E-state index in [1.165, 1.54) is 23.2 Å². The molecule has 9 nitrogen and oxygen atoms in total. The summed E-state index contributed by atoms with van der Waals surface area (Å²) < 4.78 is 1.46. The SMILES string of the molecule is Cn1cncc1C(=O)Nc1ccc([N+](=O)[O-])cc1C(=O)O. The summed E-state index contributed by atoms with van der Waals surface area (Å²) in [5.74, 6) is -1.94. The topological polar surface area (TPSA) is 127 Å². The summed E-state index contributed by atoms with van der Waals surface area (Å²) >= 11 is 0. The van der Waals surface area contributed by atoms with Crippen molar-refractivity contribution >= 4 is 23.3 Å². The predicted molar refractivity (Wildman–Crippen MR) is 71.2 cm³/mol. The zero-order valence-electron chi connectivity index (χ0n) is 10.8. The number of nitrogens with one attached hydrogen (secondary N) is 1. The van der Waals surface area contributed by atoms with Gasteiger partial charge in [0.25, 0.3) is 11.6 Å². The summed E-state index contributed by atoms with van der Waals surface area (Å²) in [6, 6.07) is 3.18. The van der Waals surface area contributed by atoms with Gasteiger partial charge in [0.15, 0.2) is 0 Å². The van der Waals surface area contributed by atoms with Crippen molar-refractivity contribution in [3.05, 3.63) is 52.1 Å². The van der Waals surface area contributed by atoms with Crippen molar-refractivity contribution in [1.29, 1.82) is 0 Å². The number of carboxylic acids is 1. The Morgan fingerprint density at radius 3 is 2.67 bits per heavy atom. The fourth-order valence-electron chi connectivity index (χ4n) is 1.69. The van der Waals surface area contributed by atoms with Crippen LogP contribution in [-0.2, 0) is 7.05 Å². The smallest absolute Gasteiger partial charge is 0.338 e. The molecule has 2 N–H and O–H groups in total. The number of anilines is 1. The summed E-state index contributed by atoms with van der Waals surface area (Å²) in [5, 5.41) is 22.1. The zero-order valence-corrected chi connectivity index (χ0v) is 10.8. The minimum Gasteiger partial charge on any atom is -0.478 e. The molecule has 1 aromatic heterocycles. The number of aryl methyl sites for hydroxylation is 1. The molecule has 2 rings (SSSR count). The van der Waals surface area contributed by atoms with Crippen LogP contribution in [0, 0.1) is 10.1 Å². The van der Waals surface area contributed by atoms with Gasteiger partial charge in [-0.15, -0.1) is 0 Å². The van der Waals surface area contributed by atoms with Crippen LogP contribution in [-0.4, -0.2) is 31.5 Å². The van der Waals surface area contributed by atoms with Crippen LogP contribution in [0.25, 0.3) is 0 Å². The molecule has 1 heterocycles. The molecular formula is C12H10N4O5. The Morgan fingerprint density at radius 1 is 1.43 bits per heavy atom. The third-order valence-electron chi connectivity index (χ3n) is 2.74. The molecule has 0 radical (unpaired) electrons. The number of hydrogen-bond donors (Lipinski definition) is 2. The molecule has 0 saturated carbocycles. The fraction of sp³-hybridized carbons (Fsp3) is 0.0833. The number of aromatic nitrogens is 2.